The second-order valence-electron chi connectivity index (χ2n) is 5.90. The molecule has 2 aromatic carbocycles. The van der Waals surface area contributed by atoms with Crippen molar-refractivity contribution in [3.8, 4) is 5.75 Å². The van der Waals surface area contributed by atoms with E-state index in [0.29, 0.717) is 11.4 Å². The summed E-state index contributed by atoms with van der Waals surface area (Å²) in [6.45, 7) is 2.75. The molecule has 0 fully saturated rings. The Balaban J connectivity index is 1.57. The number of nitrogens with zero attached hydrogens (tertiary/aromatic N) is 3. The maximum atomic E-state index is 5.80. The largest absolute Gasteiger partial charge is 0.493 e. The van der Waals surface area contributed by atoms with Crippen molar-refractivity contribution in [1.29, 1.82) is 0 Å². The molecule has 0 aliphatic heterocycles. The molecule has 0 spiro atoms. The van der Waals surface area contributed by atoms with Crippen molar-refractivity contribution in [2.24, 2.45) is 5.10 Å². The van der Waals surface area contributed by atoms with Gasteiger partial charge in [0.25, 0.3) is 0 Å². The van der Waals surface area contributed by atoms with Crippen molar-refractivity contribution in [2.75, 3.05) is 6.61 Å². The summed E-state index contributed by atoms with van der Waals surface area (Å²) in [7, 11) is 0. The van der Waals surface area contributed by atoms with E-state index in [-0.39, 0.29) is 0 Å². The SMILES string of the molecule is CCCc1n[nH]c(=S)n1/N=C/c1ccc(OCCc2ccccc2)cc1. The molecular formula is C20H22N4OS. The topological polar surface area (TPSA) is 55.2 Å². The maximum absolute atomic E-state index is 5.80. The van der Waals surface area contributed by atoms with Crippen LogP contribution in [-0.2, 0) is 12.8 Å². The van der Waals surface area contributed by atoms with E-state index in [0.717, 1.165) is 36.4 Å². The van der Waals surface area contributed by atoms with Crippen molar-refractivity contribution < 1.29 is 4.74 Å². The van der Waals surface area contributed by atoms with Crippen LogP contribution in [0.2, 0.25) is 0 Å². The Morgan fingerprint density at radius 1 is 1.12 bits per heavy atom. The summed E-state index contributed by atoms with van der Waals surface area (Å²) in [6, 6.07) is 18.2. The fourth-order valence-corrected chi connectivity index (χ4v) is 2.73. The highest BCUT2D eigenvalue weighted by Gasteiger charge is 2.03. The van der Waals surface area contributed by atoms with Gasteiger partial charge in [-0.3, -0.25) is 5.10 Å². The molecule has 1 aromatic heterocycles. The summed E-state index contributed by atoms with van der Waals surface area (Å²) < 4.78 is 7.98. The lowest BCUT2D eigenvalue weighted by atomic mass is 10.2. The van der Waals surface area contributed by atoms with Crippen LogP contribution in [0.5, 0.6) is 5.75 Å². The molecule has 3 aromatic rings. The number of aromatic amines is 1. The zero-order valence-electron chi connectivity index (χ0n) is 14.8. The van der Waals surface area contributed by atoms with E-state index < -0.39 is 0 Å². The van der Waals surface area contributed by atoms with Crippen LogP contribution in [0.25, 0.3) is 0 Å². The monoisotopic (exact) mass is 366 g/mol. The van der Waals surface area contributed by atoms with Gasteiger partial charge in [-0.2, -0.15) is 14.9 Å². The van der Waals surface area contributed by atoms with Crippen LogP contribution in [0.1, 0.15) is 30.3 Å². The molecule has 0 bridgehead atoms. The van der Waals surface area contributed by atoms with Gasteiger partial charge in [0.05, 0.1) is 12.8 Å². The molecule has 1 N–H and O–H groups in total. The first kappa shape index (κ1) is 18.1. The molecule has 0 atom stereocenters. The zero-order valence-corrected chi connectivity index (χ0v) is 15.6. The Labute approximate surface area is 158 Å². The molecule has 1 heterocycles. The smallest absolute Gasteiger partial charge is 0.216 e. The van der Waals surface area contributed by atoms with Gasteiger partial charge >= 0.3 is 0 Å². The number of H-pyrrole nitrogens is 1. The fourth-order valence-electron chi connectivity index (χ4n) is 2.53. The van der Waals surface area contributed by atoms with Gasteiger partial charge in [0.15, 0.2) is 5.82 Å². The highest BCUT2D eigenvalue weighted by Crippen LogP contribution is 2.12. The molecule has 0 saturated carbocycles. The van der Waals surface area contributed by atoms with E-state index in [1.807, 2.05) is 42.5 Å². The number of rotatable bonds is 8. The van der Waals surface area contributed by atoms with Crippen LogP contribution in [-0.4, -0.2) is 27.7 Å². The molecule has 3 rings (SSSR count). The molecule has 0 unspecified atom stereocenters. The molecular weight excluding hydrogens is 344 g/mol. The molecule has 134 valence electrons. The van der Waals surface area contributed by atoms with Crippen molar-refractivity contribution in [3.05, 3.63) is 76.3 Å². The highest BCUT2D eigenvalue weighted by atomic mass is 32.1. The maximum Gasteiger partial charge on any atom is 0.216 e. The van der Waals surface area contributed by atoms with E-state index in [2.05, 4.69) is 34.4 Å². The minimum Gasteiger partial charge on any atom is -0.493 e. The third kappa shape index (κ3) is 4.89. The molecule has 26 heavy (non-hydrogen) atoms. The Hall–Kier alpha value is -2.73. The van der Waals surface area contributed by atoms with Crippen molar-refractivity contribution >= 4 is 18.4 Å². The minimum atomic E-state index is 0.505. The van der Waals surface area contributed by atoms with E-state index >= 15 is 0 Å². The number of benzene rings is 2. The van der Waals surface area contributed by atoms with Gasteiger partial charge < -0.3 is 4.74 Å². The molecule has 0 amide bonds. The Kier molecular flexibility index (Phi) is 6.33. The van der Waals surface area contributed by atoms with E-state index in [9.17, 15) is 0 Å². The standard InChI is InChI=1S/C20H22N4OS/c1-2-6-19-22-23-20(26)24(19)21-15-17-9-11-18(12-10-17)25-14-13-16-7-4-3-5-8-16/h3-5,7-12,15H,2,6,13-14H2,1H3,(H,23,26)/b21-15+. The first-order valence-electron chi connectivity index (χ1n) is 8.73. The van der Waals surface area contributed by atoms with Crippen LogP contribution >= 0.6 is 12.2 Å². The molecule has 5 nitrogen and oxygen atoms in total. The molecule has 6 heteroatoms. The Morgan fingerprint density at radius 3 is 2.62 bits per heavy atom. The van der Waals surface area contributed by atoms with Crippen LogP contribution in [0.4, 0.5) is 0 Å². The lowest BCUT2D eigenvalue weighted by Gasteiger charge is -2.06. The van der Waals surface area contributed by atoms with Gasteiger partial charge in [0, 0.05) is 12.8 Å². The van der Waals surface area contributed by atoms with Gasteiger partial charge in [0.1, 0.15) is 5.75 Å². The lowest BCUT2D eigenvalue weighted by Crippen LogP contribution is -2.01. The third-order valence-corrected chi connectivity index (χ3v) is 4.16. The number of hydrogen-bond acceptors (Lipinski definition) is 4. The summed E-state index contributed by atoms with van der Waals surface area (Å²) in [5.41, 5.74) is 2.25. The van der Waals surface area contributed by atoms with Crippen molar-refractivity contribution in [2.45, 2.75) is 26.2 Å². The number of aryl methyl sites for hydroxylation is 1. The van der Waals surface area contributed by atoms with Gasteiger partial charge in [0.2, 0.25) is 4.77 Å². The van der Waals surface area contributed by atoms with E-state index in [1.54, 1.807) is 10.9 Å². The van der Waals surface area contributed by atoms with Crippen LogP contribution in [0, 0.1) is 4.77 Å². The Morgan fingerprint density at radius 2 is 1.88 bits per heavy atom. The number of nitrogens with one attached hydrogen (secondary N) is 1. The van der Waals surface area contributed by atoms with Crippen LogP contribution in [0.15, 0.2) is 59.7 Å². The summed E-state index contributed by atoms with van der Waals surface area (Å²) in [5.74, 6) is 1.69. The molecule has 0 radical (unpaired) electrons. The number of ether oxygens (including phenoxy) is 1. The van der Waals surface area contributed by atoms with Gasteiger partial charge in [-0.05, 0) is 54.0 Å². The average molecular weight is 366 g/mol. The fraction of sp³-hybridized carbons (Fsp3) is 0.250. The number of aromatic nitrogens is 3. The van der Waals surface area contributed by atoms with Gasteiger partial charge in [-0.25, -0.2) is 0 Å². The quantitative estimate of drug-likeness (QED) is 0.475. The second-order valence-corrected chi connectivity index (χ2v) is 6.29. The first-order chi connectivity index (χ1) is 12.8. The van der Waals surface area contributed by atoms with Crippen molar-refractivity contribution in [1.82, 2.24) is 14.9 Å². The summed E-state index contributed by atoms with van der Waals surface area (Å²) in [4.78, 5) is 0. The Bertz CT molecular complexity index is 898. The van der Waals surface area contributed by atoms with E-state index in [4.69, 9.17) is 17.0 Å². The van der Waals surface area contributed by atoms with Crippen molar-refractivity contribution in [3.63, 3.8) is 0 Å². The average Bonchev–Trinajstić information content (AvgIpc) is 3.02. The second kappa shape index (κ2) is 9.10. The predicted molar refractivity (Wildman–Crippen MR) is 106 cm³/mol. The summed E-state index contributed by atoms with van der Waals surface area (Å²) in [5, 5.41) is 11.4. The lowest BCUT2D eigenvalue weighted by molar-refractivity contribution is 0.322. The van der Waals surface area contributed by atoms with Gasteiger partial charge in [-0.15, -0.1) is 0 Å². The third-order valence-electron chi connectivity index (χ3n) is 3.90. The van der Waals surface area contributed by atoms with Crippen LogP contribution < -0.4 is 4.74 Å². The van der Waals surface area contributed by atoms with Gasteiger partial charge in [-0.1, -0.05) is 37.3 Å². The number of hydrogen-bond donors (Lipinski definition) is 1. The highest BCUT2D eigenvalue weighted by molar-refractivity contribution is 7.71. The van der Waals surface area contributed by atoms with E-state index in [1.165, 1.54) is 5.56 Å². The minimum absolute atomic E-state index is 0.505. The normalized spacial score (nSPS) is 11.1. The first-order valence-corrected chi connectivity index (χ1v) is 9.14. The summed E-state index contributed by atoms with van der Waals surface area (Å²) in [6.07, 6.45) is 4.49. The molecule has 0 aliphatic rings. The molecule has 0 aliphatic carbocycles. The summed E-state index contributed by atoms with van der Waals surface area (Å²) >= 11 is 5.22. The molecule has 0 saturated heterocycles. The predicted octanol–water partition coefficient (Wildman–Crippen LogP) is 4.40. The zero-order chi connectivity index (χ0) is 18.2. The van der Waals surface area contributed by atoms with Crippen LogP contribution in [0.3, 0.4) is 0 Å².